The van der Waals surface area contributed by atoms with Gasteiger partial charge in [0.15, 0.2) is 0 Å². The van der Waals surface area contributed by atoms with Gasteiger partial charge >= 0.3 is 0 Å². The van der Waals surface area contributed by atoms with Crippen molar-refractivity contribution < 1.29 is 60.3 Å². The van der Waals surface area contributed by atoms with E-state index in [-0.39, 0.29) is 136 Å². The van der Waals surface area contributed by atoms with Crippen LogP contribution in [0.4, 0.5) is 45.2 Å². The SMILES string of the molecule is CCC(C)n1nc(-c2ccc(CNC(=O)c3cc(F)ccc3C)cc2)c(C(N)=O)c1N.Cc1ccc(F)cc1C(=O)NCc1ccc(-c2nn(C(C)C(C)C)c(N)c2C(N)=O)cc1.Cc1ccc(F)cc1C(=O)NCc1ccc(-c2nn(C(C)C)c(N)c2C(N)=O)c(F)c1.Cc1ccc(F)cc1C(=O)NCc1ccc(-c2nn(C(C)c3ccccc3)c(N)c2C(N)=O)cc1. The summed E-state index contributed by atoms with van der Waals surface area (Å²) < 4.78 is 75.0. The molecular weight excluding hydrogens is 1660 g/mol. The van der Waals surface area contributed by atoms with Gasteiger partial charge in [0.25, 0.3) is 47.3 Å². The first-order valence-corrected chi connectivity index (χ1v) is 41.2. The van der Waals surface area contributed by atoms with E-state index in [1.54, 1.807) is 102 Å². The zero-order valence-electron chi connectivity index (χ0n) is 73.2. The molecular formula is C96H103F5N20O8. The average molecular weight is 1760 g/mol. The van der Waals surface area contributed by atoms with Crippen LogP contribution in [0, 0.1) is 62.7 Å². The van der Waals surface area contributed by atoms with Crippen LogP contribution in [0.2, 0.25) is 0 Å². The Hall–Kier alpha value is -15.6. The second-order valence-corrected chi connectivity index (χ2v) is 31.6. The fourth-order valence-electron chi connectivity index (χ4n) is 13.9. The van der Waals surface area contributed by atoms with Crippen molar-refractivity contribution in [1.29, 1.82) is 0 Å². The third kappa shape index (κ3) is 22.8. The van der Waals surface area contributed by atoms with E-state index < -0.39 is 58.6 Å². The molecule has 670 valence electrons. The number of nitrogen functional groups attached to an aromatic ring is 4. The lowest BCUT2D eigenvalue weighted by atomic mass is 10.0. The number of aryl methyl sites for hydroxylation is 4. The largest absolute Gasteiger partial charge is 0.383 e. The molecule has 0 saturated heterocycles. The molecule has 0 aliphatic rings. The number of hydrogen-bond donors (Lipinski definition) is 12. The van der Waals surface area contributed by atoms with E-state index in [0.717, 1.165) is 34.7 Å². The Kier molecular flexibility index (Phi) is 31.1. The first-order chi connectivity index (χ1) is 61.2. The minimum Gasteiger partial charge on any atom is -0.383 e. The summed E-state index contributed by atoms with van der Waals surface area (Å²) >= 11 is 0. The molecule has 0 fully saturated rings. The number of aromatic nitrogens is 8. The smallest absolute Gasteiger partial charge is 0.254 e. The standard InChI is InChI=1S/C27H26FN5O2.C24H28FN5O2.C23H26FN5O2.C22H23F2N5O2/c1-16-8-13-21(28)14-22(16)27(35)31-15-18-9-11-20(12-10-18)24-23(26(30)34)25(29)33(32-24)17(2)19-6-4-3-5-7-19;1-13(2)15(4)30-22(26)20(23(27)31)21(29-30)17-8-6-16(7-9-17)12-28-24(32)19-11-18(25)10-5-14(19)3;1-4-14(3)29-21(25)19(22(26)30)20(28-29)16-8-6-15(7-9-16)12-27-23(31)18-11-17(24)10-5-13(18)2;1-11(2)29-20(25)18(21(26)30)19(28-29)15-7-5-13(8-17(15)24)10-27-22(31)16-9-14(23)6-4-12(16)3/h3-14,17H,15,29H2,1-2H3,(H2,30,34)(H,31,35);5-11,13,15H,12,26H2,1-4H3,(H2,27,31)(H,28,32);5-11,14H,4,12,25H2,1-3H3,(H2,26,30)(H,27,31);4-9,11H,10,25H2,1-3H3,(H2,26,30)(H,27,31). The van der Waals surface area contributed by atoms with Crippen molar-refractivity contribution in [3.8, 4) is 45.0 Å². The highest BCUT2D eigenvalue weighted by Gasteiger charge is 2.30. The monoisotopic (exact) mass is 1760 g/mol. The summed E-state index contributed by atoms with van der Waals surface area (Å²) in [7, 11) is 0. The van der Waals surface area contributed by atoms with Crippen molar-refractivity contribution >= 4 is 70.5 Å². The Labute approximate surface area is 742 Å². The molecule has 0 bridgehead atoms. The Morgan fingerprint density at radius 3 is 0.969 bits per heavy atom. The molecule has 8 amide bonds. The maximum absolute atomic E-state index is 14.9. The number of nitrogens with two attached hydrogens (primary N) is 8. The van der Waals surface area contributed by atoms with Gasteiger partial charge < -0.3 is 67.1 Å². The minimum atomic E-state index is -0.805. The molecule has 13 aromatic rings. The summed E-state index contributed by atoms with van der Waals surface area (Å²) in [5.41, 5.74) is 58.5. The van der Waals surface area contributed by atoms with E-state index in [9.17, 15) is 60.3 Å². The van der Waals surface area contributed by atoms with Crippen LogP contribution in [-0.4, -0.2) is 86.4 Å². The summed E-state index contributed by atoms with van der Waals surface area (Å²) in [5.74, 6) is -5.79. The summed E-state index contributed by atoms with van der Waals surface area (Å²) in [4.78, 5) is 97.8. The summed E-state index contributed by atoms with van der Waals surface area (Å²) in [5, 5.41) is 29.0. The number of carbonyl (C=O) groups excluding carboxylic acids is 8. The van der Waals surface area contributed by atoms with Crippen LogP contribution in [0.25, 0.3) is 45.0 Å². The highest BCUT2D eigenvalue weighted by molar-refractivity contribution is 6.06. The topological polar surface area (TPSA) is 464 Å². The van der Waals surface area contributed by atoms with Gasteiger partial charge in [-0.2, -0.15) is 20.4 Å². The number of hydrogen-bond acceptors (Lipinski definition) is 16. The second-order valence-electron chi connectivity index (χ2n) is 31.6. The molecule has 0 spiro atoms. The van der Waals surface area contributed by atoms with Crippen molar-refractivity contribution in [2.45, 2.75) is 140 Å². The number of primary amides is 4. The molecule has 3 atom stereocenters. The van der Waals surface area contributed by atoms with Crippen LogP contribution in [-0.2, 0) is 26.2 Å². The van der Waals surface area contributed by atoms with Gasteiger partial charge in [-0.1, -0.05) is 154 Å². The van der Waals surface area contributed by atoms with E-state index in [4.69, 9.17) is 45.9 Å². The predicted octanol–water partition coefficient (Wildman–Crippen LogP) is 15.0. The van der Waals surface area contributed by atoms with Crippen LogP contribution in [0.1, 0.15) is 219 Å². The van der Waals surface area contributed by atoms with Gasteiger partial charge in [-0.3, -0.25) is 38.4 Å². The van der Waals surface area contributed by atoms with Gasteiger partial charge in [0.05, 0.1) is 18.1 Å². The Morgan fingerprint density at radius 1 is 0.349 bits per heavy atom. The van der Waals surface area contributed by atoms with Gasteiger partial charge in [0, 0.05) is 76.7 Å². The van der Waals surface area contributed by atoms with Crippen molar-refractivity contribution in [1.82, 2.24) is 60.4 Å². The van der Waals surface area contributed by atoms with Crippen molar-refractivity contribution in [3.63, 3.8) is 0 Å². The molecule has 129 heavy (non-hydrogen) atoms. The lowest BCUT2D eigenvalue weighted by Gasteiger charge is -2.17. The zero-order chi connectivity index (χ0) is 94.3. The lowest BCUT2D eigenvalue weighted by molar-refractivity contribution is 0.0941. The van der Waals surface area contributed by atoms with Gasteiger partial charge in [-0.05, 0) is 185 Å². The molecule has 0 aliphatic heterocycles. The van der Waals surface area contributed by atoms with E-state index in [0.29, 0.717) is 78.3 Å². The Bertz CT molecular complexity index is 6340. The number of benzene rings is 9. The zero-order valence-corrected chi connectivity index (χ0v) is 73.2. The second kappa shape index (κ2) is 41.9. The molecule has 33 heteroatoms. The molecule has 3 unspecified atom stereocenters. The molecule has 28 nitrogen and oxygen atoms in total. The number of rotatable bonds is 27. The minimum absolute atomic E-state index is 0.0115. The number of nitrogens with zero attached hydrogens (tertiary/aromatic N) is 8. The van der Waals surface area contributed by atoms with E-state index in [1.165, 1.54) is 65.3 Å². The highest BCUT2D eigenvalue weighted by atomic mass is 19.1. The molecule has 20 N–H and O–H groups in total. The van der Waals surface area contributed by atoms with Gasteiger partial charge in [0.1, 0.15) is 97.4 Å². The maximum Gasteiger partial charge on any atom is 0.254 e. The molecule has 0 saturated carbocycles. The van der Waals surface area contributed by atoms with Gasteiger partial charge in [0.2, 0.25) is 0 Å². The van der Waals surface area contributed by atoms with Crippen molar-refractivity contribution in [2.24, 2.45) is 28.9 Å². The number of nitrogens with one attached hydrogen (secondary N) is 4. The quantitative estimate of drug-likeness (QED) is 0.0213. The average Bonchev–Trinajstić information content (AvgIpc) is 1.57. The van der Waals surface area contributed by atoms with Crippen LogP contribution in [0.15, 0.2) is 194 Å². The maximum atomic E-state index is 14.9. The van der Waals surface area contributed by atoms with Gasteiger partial charge in [-0.25, -0.2) is 40.7 Å². The molecule has 4 heterocycles. The number of carbonyl (C=O) groups is 8. The van der Waals surface area contributed by atoms with Crippen molar-refractivity contribution in [3.05, 3.63) is 318 Å². The first-order valence-electron chi connectivity index (χ1n) is 41.2. The predicted molar refractivity (Wildman–Crippen MR) is 487 cm³/mol. The number of halogens is 5. The number of anilines is 4. The van der Waals surface area contributed by atoms with Crippen LogP contribution >= 0.6 is 0 Å². The third-order valence-electron chi connectivity index (χ3n) is 21.8. The summed E-state index contributed by atoms with van der Waals surface area (Å²) in [6.45, 7) is 23.4. The summed E-state index contributed by atoms with van der Waals surface area (Å²) in [6, 6.07) is 51.5. The summed E-state index contributed by atoms with van der Waals surface area (Å²) in [6.07, 6.45) is 0.799. The van der Waals surface area contributed by atoms with E-state index >= 15 is 0 Å². The van der Waals surface area contributed by atoms with Gasteiger partial charge in [-0.15, -0.1) is 0 Å². The van der Waals surface area contributed by atoms with Crippen molar-refractivity contribution in [2.75, 3.05) is 22.9 Å². The fourth-order valence-corrected chi connectivity index (χ4v) is 13.9. The normalized spacial score (nSPS) is 11.7. The van der Waals surface area contributed by atoms with E-state index in [1.807, 2.05) is 122 Å². The first kappa shape index (κ1) is 95.7. The molecule has 4 aromatic heterocycles. The molecule has 9 aromatic carbocycles. The van der Waals surface area contributed by atoms with E-state index in [2.05, 4.69) is 41.7 Å². The fraction of sp³-hybridized carbons (Fsp3) is 0.229. The highest BCUT2D eigenvalue weighted by Crippen LogP contribution is 2.37. The molecule has 0 radical (unpaired) electrons. The Balaban J connectivity index is 0.000000179. The number of amides is 8. The van der Waals surface area contributed by atoms with Crippen LogP contribution < -0.4 is 67.1 Å². The third-order valence-corrected chi connectivity index (χ3v) is 21.8. The van der Waals surface area contributed by atoms with Crippen LogP contribution in [0.5, 0.6) is 0 Å². The molecule has 0 aliphatic carbocycles. The van der Waals surface area contributed by atoms with Crippen LogP contribution in [0.3, 0.4) is 0 Å². The molecule has 13 rings (SSSR count). The Morgan fingerprint density at radius 2 is 0.643 bits per heavy atom. The lowest BCUT2D eigenvalue weighted by Crippen LogP contribution is -2.23.